The molecule has 1 amide bonds. The Bertz CT molecular complexity index is 873. The topological polar surface area (TPSA) is 76.1 Å². The predicted octanol–water partition coefficient (Wildman–Crippen LogP) is 5.53. The minimum absolute atomic E-state index is 0.143. The number of nitrogens with zero attached hydrogens (tertiary/aromatic N) is 1. The maximum Gasteiger partial charge on any atom is 0.233 e. The maximum atomic E-state index is 13.0. The van der Waals surface area contributed by atoms with Crippen LogP contribution in [0.15, 0.2) is 35.4 Å². The molecule has 0 fully saturated rings. The van der Waals surface area contributed by atoms with Gasteiger partial charge in [-0.05, 0) is 30.0 Å². The number of thiazole rings is 1. The highest BCUT2D eigenvalue weighted by molar-refractivity contribution is 7.90. The van der Waals surface area contributed by atoms with Gasteiger partial charge in [-0.1, -0.05) is 74.6 Å². The van der Waals surface area contributed by atoms with E-state index in [-0.39, 0.29) is 16.7 Å². The summed E-state index contributed by atoms with van der Waals surface area (Å²) in [5, 5.41) is 3.33. The summed E-state index contributed by atoms with van der Waals surface area (Å²) in [5.74, 6) is -0.0880. The van der Waals surface area contributed by atoms with Crippen molar-refractivity contribution in [3.8, 4) is 0 Å². The lowest BCUT2D eigenvalue weighted by molar-refractivity contribution is -0.118. The number of aromatic nitrogens is 1. The summed E-state index contributed by atoms with van der Waals surface area (Å²) in [6.45, 7) is 4.30. The van der Waals surface area contributed by atoms with Gasteiger partial charge in [0.1, 0.15) is 4.34 Å². The van der Waals surface area contributed by atoms with E-state index in [2.05, 4.69) is 24.1 Å². The molecule has 0 unspecified atom stereocenters. The molecular weight excluding hydrogens is 416 g/mol. The number of carbonyl (C=O) groups is 1. The van der Waals surface area contributed by atoms with Crippen molar-refractivity contribution in [1.29, 1.82) is 0 Å². The minimum Gasteiger partial charge on any atom is -0.301 e. The second kappa shape index (κ2) is 10.4. The molecule has 1 heterocycles. The molecule has 1 aromatic carbocycles. The summed E-state index contributed by atoms with van der Waals surface area (Å²) in [6, 6.07) is 6.62. The van der Waals surface area contributed by atoms with Crippen LogP contribution in [-0.4, -0.2) is 25.6 Å². The molecule has 2 rings (SSSR count). The first-order valence-corrected chi connectivity index (χ1v) is 12.5. The number of rotatable bonds is 10. The van der Waals surface area contributed by atoms with Crippen molar-refractivity contribution >= 4 is 43.8 Å². The molecule has 1 N–H and O–H groups in total. The zero-order valence-corrected chi connectivity index (χ0v) is 18.8. The van der Waals surface area contributed by atoms with Crippen LogP contribution in [0, 0.1) is 5.92 Å². The first-order chi connectivity index (χ1) is 13.2. The monoisotopic (exact) mass is 442 g/mol. The largest absolute Gasteiger partial charge is 0.301 e. The highest BCUT2D eigenvalue weighted by Gasteiger charge is 2.25. The number of anilines is 1. The number of halogens is 1. The van der Waals surface area contributed by atoms with E-state index in [0.717, 1.165) is 31.2 Å². The van der Waals surface area contributed by atoms with Gasteiger partial charge in [-0.25, -0.2) is 13.4 Å². The average molecular weight is 443 g/mol. The first kappa shape index (κ1) is 22.8. The van der Waals surface area contributed by atoms with Crippen molar-refractivity contribution in [3.05, 3.63) is 40.4 Å². The molecule has 154 valence electrons. The van der Waals surface area contributed by atoms with Crippen LogP contribution < -0.4 is 5.32 Å². The van der Waals surface area contributed by atoms with Gasteiger partial charge in [0.25, 0.3) is 0 Å². The van der Waals surface area contributed by atoms with Crippen molar-refractivity contribution in [2.45, 2.75) is 56.8 Å². The van der Waals surface area contributed by atoms with Crippen molar-refractivity contribution in [2.24, 2.45) is 5.92 Å². The van der Waals surface area contributed by atoms with Crippen molar-refractivity contribution in [3.63, 3.8) is 0 Å². The van der Waals surface area contributed by atoms with Gasteiger partial charge in [0, 0.05) is 6.26 Å². The number of amides is 1. The number of nitrogens with one attached hydrogen (secondary N) is 1. The van der Waals surface area contributed by atoms with Crippen molar-refractivity contribution in [1.82, 2.24) is 4.98 Å². The molecule has 0 bridgehead atoms. The molecule has 5 nitrogen and oxygen atoms in total. The summed E-state index contributed by atoms with van der Waals surface area (Å²) in [6.07, 6.45) is 7.64. The summed E-state index contributed by atoms with van der Waals surface area (Å²) in [5.41, 5.74) is 0.810. The predicted molar refractivity (Wildman–Crippen MR) is 116 cm³/mol. The van der Waals surface area contributed by atoms with Gasteiger partial charge in [-0.2, -0.15) is 0 Å². The Morgan fingerprint density at radius 2 is 1.79 bits per heavy atom. The number of sulfone groups is 1. The van der Waals surface area contributed by atoms with Crippen LogP contribution in [0.4, 0.5) is 5.13 Å². The van der Waals surface area contributed by atoms with Crippen molar-refractivity contribution in [2.75, 3.05) is 11.6 Å². The van der Waals surface area contributed by atoms with Crippen LogP contribution in [0.2, 0.25) is 4.34 Å². The number of hydrogen-bond acceptors (Lipinski definition) is 5. The molecule has 0 saturated heterocycles. The van der Waals surface area contributed by atoms with Crippen LogP contribution in [0.3, 0.4) is 0 Å². The smallest absolute Gasteiger partial charge is 0.233 e. The molecule has 0 radical (unpaired) electrons. The van der Waals surface area contributed by atoms with Gasteiger partial charge >= 0.3 is 0 Å². The van der Waals surface area contributed by atoms with Crippen molar-refractivity contribution < 1.29 is 13.2 Å². The Balaban J connectivity index is 2.29. The van der Waals surface area contributed by atoms with Gasteiger partial charge in [0.05, 0.1) is 17.0 Å². The summed E-state index contributed by atoms with van der Waals surface area (Å²) < 4.78 is 24.0. The first-order valence-electron chi connectivity index (χ1n) is 9.46. The Morgan fingerprint density at radius 1 is 1.18 bits per heavy atom. The third kappa shape index (κ3) is 6.57. The molecule has 0 aliphatic carbocycles. The van der Waals surface area contributed by atoms with E-state index in [1.807, 2.05) is 0 Å². The second-order valence-corrected chi connectivity index (χ2v) is 10.7. The average Bonchev–Trinajstić information content (AvgIpc) is 3.04. The third-order valence-electron chi connectivity index (χ3n) is 4.70. The standard InChI is InChI=1S/C20H27ClN2O3S2/c1-4-6-14(7-5-2)12-17(19(24)23-20-22-13-18(21)27-20)15-8-10-16(11-9-15)28(3,25)26/h8-11,13-14,17H,4-7,12H2,1-3H3,(H,22,23,24)/t17-/m1/s1. The second-order valence-electron chi connectivity index (χ2n) is 7.03. The van der Waals surface area contributed by atoms with Crippen LogP contribution in [0.5, 0.6) is 0 Å². The van der Waals surface area contributed by atoms with Gasteiger partial charge < -0.3 is 5.32 Å². The van der Waals surface area contributed by atoms with E-state index in [9.17, 15) is 13.2 Å². The fraction of sp³-hybridized carbons (Fsp3) is 0.500. The Hall–Kier alpha value is -1.44. The molecule has 1 aromatic heterocycles. The Labute approximate surface area is 176 Å². The Morgan fingerprint density at radius 3 is 2.25 bits per heavy atom. The summed E-state index contributed by atoms with van der Waals surface area (Å²) in [4.78, 5) is 17.4. The highest BCUT2D eigenvalue weighted by Crippen LogP contribution is 2.32. The lowest BCUT2D eigenvalue weighted by Crippen LogP contribution is -2.23. The van der Waals surface area contributed by atoms with Crippen LogP contribution in [0.1, 0.15) is 57.4 Å². The normalized spacial score (nSPS) is 12.9. The molecule has 8 heteroatoms. The Kier molecular flexibility index (Phi) is 8.46. The lowest BCUT2D eigenvalue weighted by atomic mass is 9.84. The minimum atomic E-state index is -3.28. The van der Waals surface area contributed by atoms with Gasteiger partial charge in [-0.15, -0.1) is 0 Å². The molecule has 0 saturated carbocycles. The van der Waals surface area contributed by atoms with E-state index >= 15 is 0 Å². The zero-order chi connectivity index (χ0) is 20.7. The quantitative estimate of drug-likeness (QED) is 0.524. The molecule has 0 aliphatic heterocycles. The molecule has 28 heavy (non-hydrogen) atoms. The van der Waals surface area contributed by atoms with Gasteiger partial charge in [0.15, 0.2) is 15.0 Å². The zero-order valence-electron chi connectivity index (χ0n) is 16.4. The van der Waals surface area contributed by atoms with Crippen LogP contribution in [-0.2, 0) is 14.6 Å². The van der Waals surface area contributed by atoms with E-state index in [1.54, 1.807) is 24.3 Å². The fourth-order valence-electron chi connectivity index (χ4n) is 3.38. The van der Waals surface area contributed by atoms with Gasteiger partial charge in [-0.3, -0.25) is 4.79 Å². The maximum absolute atomic E-state index is 13.0. The molecule has 0 aliphatic rings. The van der Waals surface area contributed by atoms with E-state index in [4.69, 9.17) is 11.6 Å². The number of benzene rings is 1. The van der Waals surface area contributed by atoms with E-state index in [1.165, 1.54) is 23.8 Å². The summed E-state index contributed by atoms with van der Waals surface area (Å²) in [7, 11) is -3.28. The summed E-state index contributed by atoms with van der Waals surface area (Å²) >= 11 is 7.13. The molecule has 2 aromatic rings. The molecular formula is C20H27ClN2O3S2. The number of carbonyl (C=O) groups excluding carboxylic acids is 1. The third-order valence-corrected chi connectivity index (χ3v) is 6.86. The molecule has 0 spiro atoms. The van der Waals surface area contributed by atoms with E-state index in [0.29, 0.717) is 21.8 Å². The van der Waals surface area contributed by atoms with Gasteiger partial charge in [0.2, 0.25) is 5.91 Å². The fourth-order valence-corrected chi connectivity index (χ4v) is 4.82. The SMILES string of the molecule is CCCC(CCC)C[C@@H](C(=O)Nc1ncc(Cl)s1)c1ccc(S(C)(=O)=O)cc1. The van der Waals surface area contributed by atoms with E-state index < -0.39 is 9.84 Å². The van der Waals surface area contributed by atoms with Crippen LogP contribution >= 0.6 is 22.9 Å². The van der Waals surface area contributed by atoms with Crippen LogP contribution in [0.25, 0.3) is 0 Å². The lowest BCUT2D eigenvalue weighted by Gasteiger charge is -2.23. The highest BCUT2D eigenvalue weighted by atomic mass is 35.5. The number of hydrogen-bond donors (Lipinski definition) is 1. The molecule has 1 atom stereocenters.